The van der Waals surface area contributed by atoms with E-state index < -0.39 is 0 Å². The van der Waals surface area contributed by atoms with Crippen LogP contribution in [0.25, 0.3) is 0 Å². The van der Waals surface area contributed by atoms with E-state index >= 15 is 0 Å². The van der Waals surface area contributed by atoms with Gasteiger partial charge in [0, 0.05) is 12.3 Å². The quantitative estimate of drug-likeness (QED) is 0.548. The van der Waals surface area contributed by atoms with Crippen molar-refractivity contribution < 1.29 is 4.79 Å². The molecule has 0 aromatic heterocycles. The van der Waals surface area contributed by atoms with Crippen molar-refractivity contribution in [3.8, 4) is 0 Å². The monoisotopic (exact) mass is 180 g/mol. The van der Waals surface area contributed by atoms with Gasteiger partial charge in [0.15, 0.2) is 0 Å². The van der Waals surface area contributed by atoms with Gasteiger partial charge in [0.25, 0.3) is 0 Å². The summed E-state index contributed by atoms with van der Waals surface area (Å²) in [6.07, 6.45) is 9.35. The van der Waals surface area contributed by atoms with E-state index in [-0.39, 0.29) is 5.92 Å². The third-order valence-corrected chi connectivity index (χ3v) is 2.10. The van der Waals surface area contributed by atoms with Crippen LogP contribution in [0.1, 0.15) is 39.5 Å². The van der Waals surface area contributed by atoms with Gasteiger partial charge in [-0.05, 0) is 19.8 Å². The Morgan fingerprint density at radius 2 is 2.23 bits per heavy atom. The van der Waals surface area contributed by atoms with Crippen LogP contribution in [0.3, 0.4) is 0 Å². The van der Waals surface area contributed by atoms with Gasteiger partial charge in [-0.15, -0.1) is 6.58 Å². The van der Waals surface area contributed by atoms with Crippen LogP contribution >= 0.6 is 0 Å². The van der Waals surface area contributed by atoms with Crippen molar-refractivity contribution in [3.05, 3.63) is 24.8 Å². The highest BCUT2D eigenvalue weighted by Crippen LogP contribution is 2.11. The molecule has 0 spiro atoms. The first-order valence-corrected chi connectivity index (χ1v) is 5.02. The molecule has 74 valence electrons. The third-order valence-electron chi connectivity index (χ3n) is 2.10. The highest BCUT2D eigenvalue weighted by molar-refractivity contribution is 5.82. The summed E-state index contributed by atoms with van der Waals surface area (Å²) in [5.41, 5.74) is 0. The van der Waals surface area contributed by atoms with Crippen LogP contribution in [-0.4, -0.2) is 5.78 Å². The minimum Gasteiger partial charge on any atom is -0.299 e. The molecule has 0 aromatic rings. The van der Waals surface area contributed by atoms with Crippen LogP contribution in [0.5, 0.6) is 0 Å². The third kappa shape index (κ3) is 5.40. The number of rotatable bonds is 7. The number of allylic oxidation sites excluding steroid dienone is 3. The van der Waals surface area contributed by atoms with Crippen molar-refractivity contribution >= 4 is 5.78 Å². The lowest BCUT2D eigenvalue weighted by molar-refractivity contribution is -0.121. The van der Waals surface area contributed by atoms with Crippen LogP contribution in [0, 0.1) is 5.92 Å². The summed E-state index contributed by atoms with van der Waals surface area (Å²) in [5.74, 6) is 0.359. The summed E-state index contributed by atoms with van der Waals surface area (Å²) >= 11 is 0. The summed E-state index contributed by atoms with van der Waals surface area (Å²) in [7, 11) is 0. The van der Waals surface area contributed by atoms with Gasteiger partial charge in [0.2, 0.25) is 0 Å². The maximum atomic E-state index is 11.5. The molecule has 0 saturated heterocycles. The fourth-order valence-electron chi connectivity index (χ4n) is 1.18. The van der Waals surface area contributed by atoms with Crippen LogP contribution in [0.2, 0.25) is 0 Å². The molecule has 1 nitrogen and oxygen atoms in total. The number of hydrogen-bond acceptors (Lipinski definition) is 1. The zero-order valence-corrected chi connectivity index (χ0v) is 8.75. The number of carbonyl (C=O) groups is 1. The van der Waals surface area contributed by atoms with E-state index in [1.807, 2.05) is 19.1 Å². The van der Waals surface area contributed by atoms with Gasteiger partial charge in [-0.25, -0.2) is 0 Å². The van der Waals surface area contributed by atoms with Crippen LogP contribution in [0.4, 0.5) is 0 Å². The largest absolute Gasteiger partial charge is 0.299 e. The van der Waals surface area contributed by atoms with E-state index in [9.17, 15) is 4.79 Å². The van der Waals surface area contributed by atoms with E-state index in [1.165, 1.54) is 0 Å². The molecule has 0 heterocycles. The lowest BCUT2D eigenvalue weighted by atomic mass is 9.96. The first-order chi connectivity index (χ1) is 6.26. The summed E-state index contributed by atoms with van der Waals surface area (Å²) in [5, 5.41) is 0. The molecule has 0 bridgehead atoms. The molecular weight excluding hydrogens is 160 g/mol. The lowest BCUT2D eigenvalue weighted by Crippen LogP contribution is -2.10. The highest BCUT2D eigenvalue weighted by atomic mass is 16.1. The average Bonchev–Trinajstić information content (AvgIpc) is 2.16. The van der Waals surface area contributed by atoms with E-state index in [4.69, 9.17) is 0 Å². The summed E-state index contributed by atoms with van der Waals surface area (Å²) in [6, 6.07) is 0. The maximum Gasteiger partial charge on any atom is 0.140 e. The van der Waals surface area contributed by atoms with Gasteiger partial charge in [-0.1, -0.05) is 31.6 Å². The van der Waals surface area contributed by atoms with Gasteiger partial charge < -0.3 is 0 Å². The number of ketones is 1. The van der Waals surface area contributed by atoms with Crippen molar-refractivity contribution in [2.45, 2.75) is 39.5 Å². The van der Waals surface area contributed by atoms with E-state index in [1.54, 1.807) is 6.08 Å². The highest BCUT2D eigenvalue weighted by Gasteiger charge is 2.11. The molecule has 0 aliphatic heterocycles. The van der Waals surface area contributed by atoms with Crippen LogP contribution in [0.15, 0.2) is 24.8 Å². The molecule has 0 N–H and O–H groups in total. The Labute approximate surface area is 81.5 Å². The Morgan fingerprint density at radius 1 is 1.54 bits per heavy atom. The molecule has 0 aliphatic carbocycles. The molecule has 13 heavy (non-hydrogen) atoms. The second kappa shape index (κ2) is 7.78. The Balaban J connectivity index is 3.91. The molecular formula is C12H20O. The maximum absolute atomic E-state index is 11.5. The van der Waals surface area contributed by atoms with Crippen molar-refractivity contribution in [3.63, 3.8) is 0 Å². The fourth-order valence-corrected chi connectivity index (χ4v) is 1.18. The second-order valence-electron chi connectivity index (χ2n) is 3.22. The second-order valence-corrected chi connectivity index (χ2v) is 3.22. The molecule has 0 rings (SSSR count). The van der Waals surface area contributed by atoms with Gasteiger partial charge in [0.05, 0.1) is 0 Å². The lowest BCUT2D eigenvalue weighted by Gasteiger charge is -2.07. The van der Waals surface area contributed by atoms with Crippen molar-refractivity contribution in [2.24, 2.45) is 5.92 Å². The first kappa shape index (κ1) is 12.2. The normalized spacial score (nSPS) is 13.1. The zero-order valence-electron chi connectivity index (χ0n) is 8.75. The van der Waals surface area contributed by atoms with E-state index in [0.29, 0.717) is 12.2 Å². The van der Waals surface area contributed by atoms with Crippen LogP contribution < -0.4 is 0 Å². The topological polar surface area (TPSA) is 17.1 Å². The van der Waals surface area contributed by atoms with Gasteiger partial charge in [-0.3, -0.25) is 4.79 Å². The van der Waals surface area contributed by atoms with E-state index in [2.05, 4.69) is 13.5 Å². The molecule has 1 heteroatoms. The number of Topliss-reactive ketones (excluding diaryl/α,β-unsaturated/α-hetero) is 1. The number of unbranched alkanes of at least 4 members (excludes halogenated alkanes) is 1. The van der Waals surface area contributed by atoms with Gasteiger partial charge in [0.1, 0.15) is 5.78 Å². The molecule has 0 aromatic carbocycles. The average molecular weight is 180 g/mol. The predicted molar refractivity (Wildman–Crippen MR) is 57.7 cm³/mol. The standard InChI is InChI=1S/C12H20O/c1-4-7-9-11(6-3)12(13)10-8-5-2/h4,6-7,11H,3,5,8-10H2,1-2H3. The minimum atomic E-state index is 0.0303. The Hall–Kier alpha value is -0.850. The van der Waals surface area contributed by atoms with Crippen molar-refractivity contribution in [1.82, 2.24) is 0 Å². The summed E-state index contributed by atoms with van der Waals surface area (Å²) < 4.78 is 0. The molecule has 0 saturated carbocycles. The zero-order chi connectivity index (χ0) is 10.1. The smallest absolute Gasteiger partial charge is 0.140 e. The van der Waals surface area contributed by atoms with Crippen LogP contribution in [-0.2, 0) is 4.79 Å². The fraction of sp³-hybridized carbons (Fsp3) is 0.583. The summed E-state index contributed by atoms with van der Waals surface area (Å²) in [6.45, 7) is 7.76. The molecule has 0 aliphatic rings. The number of hydrogen-bond donors (Lipinski definition) is 0. The first-order valence-electron chi connectivity index (χ1n) is 5.02. The Bertz CT molecular complexity index is 180. The van der Waals surface area contributed by atoms with E-state index in [0.717, 1.165) is 19.3 Å². The predicted octanol–water partition coefficient (Wildman–Crippen LogP) is 3.51. The van der Waals surface area contributed by atoms with Gasteiger partial charge in [-0.2, -0.15) is 0 Å². The molecule has 0 amide bonds. The minimum absolute atomic E-state index is 0.0303. The SMILES string of the molecule is C=CC(CC=CC)C(=O)CCCC. The molecule has 1 atom stereocenters. The molecule has 0 fully saturated rings. The molecule has 1 unspecified atom stereocenters. The van der Waals surface area contributed by atoms with Gasteiger partial charge >= 0.3 is 0 Å². The molecule has 0 radical (unpaired) electrons. The Morgan fingerprint density at radius 3 is 2.69 bits per heavy atom. The van der Waals surface area contributed by atoms with Crippen molar-refractivity contribution in [1.29, 1.82) is 0 Å². The van der Waals surface area contributed by atoms with Crippen molar-refractivity contribution in [2.75, 3.05) is 0 Å². The number of carbonyl (C=O) groups excluding carboxylic acids is 1. The summed E-state index contributed by atoms with van der Waals surface area (Å²) in [4.78, 5) is 11.5. The Kier molecular flexibility index (Phi) is 7.27.